The van der Waals surface area contributed by atoms with Crippen molar-refractivity contribution in [3.8, 4) is 0 Å². The molecule has 1 aromatic carbocycles. The maximum absolute atomic E-state index is 13.1. The van der Waals surface area contributed by atoms with Crippen molar-refractivity contribution >= 4 is 29.6 Å². The van der Waals surface area contributed by atoms with E-state index in [2.05, 4.69) is 0 Å². The molecule has 0 radical (unpaired) electrons. The quantitative estimate of drug-likeness (QED) is 0.752. The minimum atomic E-state index is -1.29. The number of carboxylic acid groups (broad SMARTS) is 1. The maximum Gasteiger partial charge on any atom is 0.325 e. The van der Waals surface area contributed by atoms with E-state index in [4.69, 9.17) is 5.11 Å². The van der Waals surface area contributed by atoms with Crippen LogP contribution in [0.15, 0.2) is 24.3 Å². The van der Waals surface area contributed by atoms with Crippen LogP contribution in [0.1, 0.15) is 46.9 Å². The summed E-state index contributed by atoms with van der Waals surface area (Å²) < 4.78 is 0. The molecule has 2 aliphatic rings. The fraction of sp³-hybridized carbons (Fsp3) is 0.389. The molecule has 0 aliphatic carbocycles. The number of aliphatic carboxylic acids is 1. The van der Waals surface area contributed by atoms with E-state index in [1.54, 1.807) is 19.1 Å². The molecule has 1 fully saturated rings. The Balaban J connectivity index is 1.98. The molecule has 2 heterocycles. The molecule has 27 heavy (non-hydrogen) atoms. The van der Waals surface area contributed by atoms with E-state index in [1.165, 1.54) is 12.1 Å². The van der Waals surface area contributed by atoms with Crippen molar-refractivity contribution in [1.82, 2.24) is 14.9 Å². The fourth-order valence-electron chi connectivity index (χ4n) is 3.42. The molecule has 1 saturated heterocycles. The fourth-order valence-corrected chi connectivity index (χ4v) is 3.42. The first kappa shape index (κ1) is 18.6. The molecule has 0 aromatic heterocycles. The van der Waals surface area contributed by atoms with E-state index in [0.717, 1.165) is 14.9 Å². The number of hydrogen-bond donors (Lipinski definition) is 1. The summed E-state index contributed by atoms with van der Waals surface area (Å²) >= 11 is 0. The molecule has 4 amide bonds. The van der Waals surface area contributed by atoms with Crippen molar-refractivity contribution in [2.24, 2.45) is 0 Å². The van der Waals surface area contributed by atoms with Gasteiger partial charge in [0.05, 0.1) is 11.1 Å². The summed E-state index contributed by atoms with van der Waals surface area (Å²) in [5, 5.41) is 11.1. The molecule has 0 saturated carbocycles. The number of hydrogen-bond acceptors (Lipinski definition) is 5. The normalized spacial score (nSPS) is 20.2. The summed E-state index contributed by atoms with van der Waals surface area (Å²) in [5.41, 5.74) is 0.391. The molecule has 2 aliphatic heterocycles. The number of rotatable bonds is 5. The van der Waals surface area contributed by atoms with Gasteiger partial charge >= 0.3 is 5.97 Å². The van der Waals surface area contributed by atoms with Crippen molar-refractivity contribution in [3.05, 3.63) is 35.4 Å². The first-order valence-electron chi connectivity index (χ1n) is 8.67. The number of carbonyl (C=O) groups is 5. The number of imide groups is 1. The second kappa shape index (κ2) is 7.18. The second-order valence-corrected chi connectivity index (χ2v) is 6.39. The SMILES string of the molecule is CCCN1C(=O)CCC(N2C(=O)c3ccccc3C2=O)C(=O)N1CC(=O)O. The van der Waals surface area contributed by atoms with Crippen LogP contribution in [0.4, 0.5) is 0 Å². The number of benzene rings is 1. The van der Waals surface area contributed by atoms with E-state index in [1.807, 2.05) is 0 Å². The Morgan fingerprint density at radius 1 is 1.07 bits per heavy atom. The van der Waals surface area contributed by atoms with E-state index < -0.39 is 42.2 Å². The van der Waals surface area contributed by atoms with Crippen LogP contribution in [-0.2, 0) is 14.4 Å². The van der Waals surface area contributed by atoms with Crippen molar-refractivity contribution in [2.75, 3.05) is 13.1 Å². The van der Waals surface area contributed by atoms with Gasteiger partial charge in [-0.1, -0.05) is 19.1 Å². The van der Waals surface area contributed by atoms with Gasteiger partial charge in [0, 0.05) is 13.0 Å². The summed E-state index contributed by atoms with van der Waals surface area (Å²) in [6.45, 7) is 1.25. The highest BCUT2D eigenvalue weighted by Crippen LogP contribution is 2.28. The topological polar surface area (TPSA) is 115 Å². The van der Waals surface area contributed by atoms with Gasteiger partial charge in [-0.25, -0.2) is 5.01 Å². The third-order valence-corrected chi connectivity index (χ3v) is 4.61. The summed E-state index contributed by atoms with van der Waals surface area (Å²) in [6.07, 6.45) is 0.409. The van der Waals surface area contributed by atoms with E-state index in [-0.39, 0.29) is 30.5 Å². The number of carbonyl (C=O) groups excluding carboxylic acids is 4. The molecule has 1 atom stereocenters. The Morgan fingerprint density at radius 2 is 1.67 bits per heavy atom. The smallest absolute Gasteiger partial charge is 0.325 e. The first-order valence-corrected chi connectivity index (χ1v) is 8.67. The number of amides is 4. The number of nitrogens with zero attached hydrogens (tertiary/aromatic N) is 3. The van der Waals surface area contributed by atoms with Crippen LogP contribution in [0.3, 0.4) is 0 Å². The lowest BCUT2D eigenvalue weighted by Crippen LogP contribution is -2.56. The average molecular weight is 373 g/mol. The van der Waals surface area contributed by atoms with Crippen LogP contribution in [0.2, 0.25) is 0 Å². The minimum Gasteiger partial charge on any atom is -0.480 e. The zero-order chi connectivity index (χ0) is 19.7. The van der Waals surface area contributed by atoms with Gasteiger partial charge in [-0.3, -0.25) is 33.9 Å². The molecule has 142 valence electrons. The largest absolute Gasteiger partial charge is 0.480 e. The lowest BCUT2D eigenvalue weighted by atomic mass is 10.1. The van der Waals surface area contributed by atoms with Gasteiger partial charge < -0.3 is 5.11 Å². The lowest BCUT2D eigenvalue weighted by molar-refractivity contribution is -0.168. The molecule has 1 aromatic rings. The van der Waals surface area contributed by atoms with Gasteiger partial charge in [-0.15, -0.1) is 0 Å². The van der Waals surface area contributed by atoms with Crippen LogP contribution >= 0.6 is 0 Å². The molecular formula is C18H19N3O6. The molecule has 0 spiro atoms. The molecule has 1 N–H and O–H groups in total. The van der Waals surface area contributed by atoms with Crippen molar-refractivity contribution in [1.29, 1.82) is 0 Å². The van der Waals surface area contributed by atoms with Gasteiger partial charge in [0.25, 0.3) is 17.7 Å². The zero-order valence-electron chi connectivity index (χ0n) is 14.8. The standard InChI is InChI=1S/C18H19N3O6/c1-2-9-19-14(22)8-7-13(18(27)20(19)10-15(23)24)21-16(25)11-5-3-4-6-12(11)17(21)26/h3-6,13H,2,7-10H2,1H3,(H,23,24). The minimum absolute atomic E-state index is 0.0422. The van der Waals surface area contributed by atoms with Crippen molar-refractivity contribution in [2.45, 2.75) is 32.2 Å². The van der Waals surface area contributed by atoms with E-state index in [0.29, 0.717) is 6.42 Å². The predicted octanol–water partition coefficient (Wildman–Crippen LogP) is 0.512. The number of carboxylic acids is 1. The van der Waals surface area contributed by atoms with Crippen LogP contribution in [0, 0.1) is 0 Å². The highest BCUT2D eigenvalue weighted by molar-refractivity contribution is 6.23. The maximum atomic E-state index is 13.1. The highest BCUT2D eigenvalue weighted by atomic mass is 16.4. The Kier molecular flexibility index (Phi) is 4.93. The molecular weight excluding hydrogens is 354 g/mol. The Labute approximate surface area is 155 Å². The van der Waals surface area contributed by atoms with Crippen LogP contribution < -0.4 is 0 Å². The second-order valence-electron chi connectivity index (χ2n) is 6.39. The van der Waals surface area contributed by atoms with Gasteiger partial charge in [0.2, 0.25) is 5.91 Å². The molecule has 1 unspecified atom stereocenters. The average Bonchev–Trinajstić information content (AvgIpc) is 2.83. The summed E-state index contributed by atoms with van der Waals surface area (Å²) in [7, 11) is 0. The van der Waals surface area contributed by atoms with Gasteiger partial charge in [-0.2, -0.15) is 0 Å². The Bertz CT molecular complexity index is 801. The van der Waals surface area contributed by atoms with Gasteiger partial charge in [-0.05, 0) is 25.0 Å². The number of fused-ring (bicyclic) bond motifs is 1. The van der Waals surface area contributed by atoms with E-state index in [9.17, 15) is 24.0 Å². The molecule has 9 heteroatoms. The Hall–Kier alpha value is -3.23. The predicted molar refractivity (Wildman–Crippen MR) is 91.3 cm³/mol. The molecule has 0 bridgehead atoms. The van der Waals surface area contributed by atoms with Crippen molar-refractivity contribution in [3.63, 3.8) is 0 Å². The summed E-state index contributed by atoms with van der Waals surface area (Å²) in [4.78, 5) is 63.0. The lowest BCUT2D eigenvalue weighted by Gasteiger charge is -2.34. The molecule has 9 nitrogen and oxygen atoms in total. The van der Waals surface area contributed by atoms with E-state index >= 15 is 0 Å². The first-order chi connectivity index (χ1) is 12.9. The third kappa shape index (κ3) is 3.16. The van der Waals surface area contributed by atoms with Crippen molar-refractivity contribution < 1.29 is 29.1 Å². The Morgan fingerprint density at radius 3 is 2.19 bits per heavy atom. The molecule has 3 rings (SSSR count). The summed E-state index contributed by atoms with van der Waals surface area (Å²) in [5.74, 6) is -3.67. The van der Waals surface area contributed by atoms with Crippen LogP contribution in [-0.4, -0.2) is 68.8 Å². The third-order valence-electron chi connectivity index (χ3n) is 4.61. The zero-order valence-corrected chi connectivity index (χ0v) is 14.8. The monoisotopic (exact) mass is 373 g/mol. The van der Waals surface area contributed by atoms with Crippen LogP contribution in [0.5, 0.6) is 0 Å². The highest BCUT2D eigenvalue weighted by Gasteiger charge is 2.46. The number of hydrazine groups is 1. The van der Waals surface area contributed by atoms with Gasteiger partial charge in [0.1, 0.15) is 12.6 Å². The van der Waals surface area contributed by atoms with Crippen LogP contribution in [0.25, 0.3) is 0 Å². The van der Waals surface area contributed by atoms with Gasteiger partial charge in [0.15, 0.2) is 0 Å². The summed E-state index contributed by atoms with van der Waals surface area (Å²) in [6, 6.07) is 5.01.